The molecule has 216 valence electrons. The van der Waals surface area contributed by atoms with E-state index in [1.807, 2.05) is 55.7 Å². The normalized spacial score (nSPS) is 16.7. The van der Waals surface area contributed by atoms with Crippen LogP contribution in [0.3, 0.4) is 0 Å². The van der Waals surface area contributed by atoms with Gasteiger partial charge in [0, 0.05) is 18.7 Å². The average Bonchev–Trinajstić information content (AvgIpc) is 3.53. The minimum atomic E-state index is -1.20. The van der Waals surface area contributed by atoms with Crippen molar-refractivity contribution in [3.05, 3.63) is 71.0 Å². The average molecular weight is 562 g/mol. The van der Waals surface area contributed by atoms with Gasteiger partial charge in [-0.2, -0.15) is 5.10 Å². The van der Waals surface area contributed by atoms with Gasteiger partial charge in [-0.15, -0.1) is 0 Å². The Morgan fingerprint density at radius 3 is 2.76 bits per heavy atom. The number of ether oxygens (including phenoxy) is 2. The molecular formula is C29H35N7O5. The smallest absolute Gasteiger partial charge is 0.407 e. The Morgan fingerprint density at radius 1 is 1.24 bits per heavy atom. The molecule has 0 aliphatic carbocycles. The third kappa shape index (κ3) is 5.88. The van der Waals surface area contributed by atoms with Gasteiger partial charge in [0.1, 0.15) is 36.4 Å². The zero-order chi connectivity index (χ0) is 29.1. The Kier molecular flexibility index (Phi) is 7.95. The summed E-state index contributed by atoms with van der Waals surface area (Å²) >= 11 is 0. The highest BCUT2D eigenvalue weighted by Crippen LogP contribution is 2.42. The fourth-order valence-electron chi connectivity index (χ4n) is 5.13. The Hall–Kier alpha value is -4.42. The molecule has 12 nitrogen and oxygen atoms in total. The molecule has 0 spiro atoms. The Bertz CT molecular complexity index is 1560. The molecule has 5 N–H and O–H groups in total. The lowest BCUT2D eigenvalue weighted by Gasteiger charge is -2.37. The number of alkyl carbamates (subject to hydrolysis) is 1. The lowest BCUT2D eigenvalue weighted by atomic mass is 9.94. The molecule has 1 aliphatic rings. The lowest BCUT2D eigenvalue weighted by Crippen LogP contribution is -2.41. The van der Waals surface area contributed by atoms with Crippen molar-refractivity contribution in [3.8, 4) is 5.75 Å². The van der Waals surface area contributed by atoms with Crippen molar-refractivity contribution in [1.82, 2.24) is 24.6 Å². The minimum absolute atomic E-state index is 0.195. The van der Waals surface area contributed by atoms with Crippen molar-refractivity contribution in [3.63, 3.8) is 0 Å². The van der Waals surface area contributed by atoms with Gasteiger partial charge >= 0.3 is 6.09 Å². The van der Waals surface area contributed by atoms with Crippen molar-refractivity contribution >= 4 is 29.0 Å². The number of imidazole rings is 1. The topological polar surface area (TPSA) is 159 Å². The van der Waals surface area contributed by atoms with Crippen LogP contribution in [-0.2, 0) is 23.4 Å². The zero-order valence-electron chi connectivity index (χ0n) is 23.4. The number of amides is 2. The summed E-state index contributed by atoms with van der Waals surface area (Å²) in [6.07, 6.45) is -0.472. The maximum Gasteiger partial charge on any atom is 0.407 e. The molecule has 2 atom stereocenters. The SMILES string of the molecule is CCn1nc(C)cc1C(=O)Nc1nc2cc(C(N)O)cc3c2n1[C@@](C)(CCCNC(=O)OCc1ccccc1)CO3. The summed E-state index contributed by atoms with van der Waals surface area (Å²) in [5.74, 6) is 0.526. The number of aliphatic hydroxyl groups is 1. The summed E-state index contributed by atoms with van der Waals surface area (Å²) in [5.41, 5.74) is 8.88. The molecule has 0 bridgehead atoms. The van der Waals surface area contributed by atoms with Crippen molar-refractivity contribution in [2.45, 2.75) is 58.5 Å². The summed E-state index contributed by atoms with van der Waals surface area (Å²) in [6, 6.07) is 14.6. The third-order valence-electron chi connectivity index (χ3n) is 7.19. The molecule has 1 unspecified atom stereocenters. The van der Waals surface area contributed by atoms with Crippen LogP contribution in [0, 0.1) is 6.92 Å². The van der Waals surface area contributed by atoms with Gasteiger partial charge < -0.3 is 25.6 Å². The van der Waals surface area contributed by atoms with Crippen molar-refractivity contribution in [2.75, 3.05) is 18.5 Å². The highest BCUT2D eigenvalue weighted by molar-refractivity contribution is 6.03. The van der Waals surface area contributed by atoms with Gasteiger partial charge in [-0.25, -0.2) is 9.78 Å². The first-order valence-corrected chi connectivity index (χ1v) is 13.6. The molecule has 2 aromatic carbocycles. The number of hydrogen-bond acceptors (Lipinski definition) is 8. The maximum absolute atomic E-state index is 13.4. The van der Waals surface area contributed by atoms with E-state index >= 15 is 0 Å². The number of aliphatic hydroxyl groups excluding tert-OH is 1. The molecular weight excluding hydrogens is 526 g/mol. The second-order valence-electron chi connectivity index (χ2n) is 10.4. The van der Waals surface area contributed by atoms with Gasteiger partial charge in [0.25, 0.3) is 5.91 Å². The van der Waals surface area contributed by atoms with Gasteiger partial charge in [-0.05, 0) is 57.4 Å². The van der Waals surface area contributed by atoms with Crippen LogP contribution in [0.1, 0.15) is 60.2 Å². The van der Waals surface area contributed by atoms with Gasteiger partial charge in [0.05, 0.1) is 16.7 Å². The van der Waals surface area contributed by atoms with Crippen LogP contribution in [0.25, 0.3) is 11.0 Å². The highest BCUT2D eigenvalue weighted by atomic mass is 16.5. The predicted molar refractivity (Wildman–Crippen MR) is 152 cm³/mol. The van der Waals surface area contributed by atoms with Crippen LogP contribution >= 0.6 is 0 Å². The number of aromatic nitrogens is 4. The number of carbonyl (C=O) groups is 2. The third-order valence-corrected chi connectivity index (χ3v) is 7.19. The van der Waals surface area contributed by atoms with Crippen LogP contribution in [0.15, 0.2) is 48.5 Å². The number of rotatable bonds is 10. The van der Waals surface area contributed by atoms with Crippen molar-refractivity contribution in [2.24, 2.45) is 5.73 Å². The molecule has 0 saturated carbocycles. The van der Waals surface area contributed by atoms with E-state index in [-0.39, 0.29) is 19.1 Å². The van der Waals surface area contributed by atoms with E-state index < -0.39 is 17.9 Å². The number of nitrogens with one attached hydrogen (secondary N) is 2. The molecule has 4 aromatic rings. The van der Waals surface area contributed by atoms with E-state index in [0.717, 1.165) is 11.3 Å². The largest absolute Gasteiger partial charge is 0.489 e. The van der Waals surface area contributed by atoms with E-state index in [1.165, 1.54) is 0 Å². The highest BCUT2D eigenvalue weighted by Gasteiger charge is 2.37. The number of aryl methyl sites for hydroxylation is 2. The Morgan fingerprint density at radius 2 is 2.02 bits per heavy atom. The molecule has 3 heterocycles. The van der Waals surface area contributed by atoms with Crippen LogP contribution < -0.4 is 21.1 Å². The Labute approximate surface area is 237 Å². The maximum atomic E-state index is 13.4. The molecule has 41 heavy (non-hydrogen) atoms. The Balaban J connectivity index is 1.35. The predicted octanol–water partition coefficient (Wildman–Crippen LogP) is 3.58. The second-order valence-corrected chi connectivity index (χ2v) is 10.4. The summed E-state index contributed by atoms with van der Waals surface area (Å²) in [6.45, 7) is 7.19. The fourth-order valence-corrected chi connectivity index (χ4v) is 5.13. The van der Waals surface area contributed by atoms with Gasteiger partial charge in [-0.3, -0.25) is 19.4 Å². The van der Waals surface area contributed by atoms with Crippen molar-refractivity contribution in [1.29, 1.82) is 0 Å². The van der Waals surface area contributed by atoms with Gasteiger partial charge in [-0.1, -0.05) is 30.3 Å². The van der Waals surface area contributed by atoms with Crippen LogP contribution in [-0.4, -0.2) is 49.6 Å². The van der Waals surface area contributed by atoms with E-state index in [4.69, 9.17) is 20.2 Å². The van der Waals surface area contributed by atoms with E-state index in [2.05, 4.69) is 15.7 Å². The second kappa shape index (κ2) is 11.6. The molecule has 1 aliphatic heterocycles. The standard InChI is InChI=1S/C29H35N7O5/c1-4-35-22(13-18(2)34-35)26(38)33-27-32-21-14-20(25(30)37)15-23-24(21)36(27)29(3,17-41-23)11-8-12-31-28(39)40-16-19-9-6-5-7-10-19/h5-7,9-10,13-15,25,37H,4,8,11-12,16-17,30H2,1-3H3,(H,31,39)(H,32,33,38)/t25?,29-/m0/s1. The summed E-state index contributed by atoms with van der Waals surface area (Å²) in [4.78, 5) is 30.3. The summed E-state index contributed by atoms with van der Waals surface area (Å²) in [7, 11) is 0. The number of nitrogens with two attached hydrogens (primary N) is 1. The molecule has 2 aromatic heterocycles. The minimum Gasteiger partial charge on any atom is -0.489 e. The first-order valence-electron chi connectivity index (χ1n) is 13.6. The monoisotopic (exact) mass is 561 g/mol. The van der Waals surface area contributed by atoms with E-state index in [9.17, 15) is 14.7 Å². The molecule has 0 radical (unpaired) electrons. The lowest BCUT2D eigenvalue weighted by molar-refractivity contribution is 0.101. The van der Waals surface area contributed by atoms with Gasteiger partial charge in [0.15, 0.2) is 0 Å². The summed E-state index contributed by atoms with van der Waals surface area (Å²) < 4.78 is 15.1. The number of benzene rings is 2. The number of hydrogen-bond donors (Lipinski definition) is 4. The molecule has 12 heteroatoms. The molecule has 2 amide bonds. The molecule has 0 fully saturated rings. The zero-order valence-corrected chi connectivity index (χ0v) is 23.4. The molecule has 5 rings (SSSR count). The van der Waals surface area contributed by atoms with Crippen LogP contribution in [0.2, 0.25) is 0 Å². The van der Waals surface area contributed by atoms with Gasteiger partial charge in [0.2, 0.25) is 5.95 Å². The van der Waals surface area contributed by atoms with Crippen LogP contribution in [0.5, 0.6) is 5.75 Å². The number of anilines is 1. The van der Waals surface area contributed by atoms with E-state index in [0.29, 0.717) is 59.9 Å². The van der Waals surface area contributed by atoms with Crippen LogP contribution in [0.4, 0.5) is 10.7 Å². The number of carbonyl (C=O) groups excluding carboxylic acids is 2. The van der Waals surface area contributed by atoms with Crippen molar-refractivity contribution < 1.29 is 24.2 Å². The van der Waals surface area contributed by atoms with E-state index in [1.54, 1.807) is 22.9 Å². The molecule has 0 saturated heterocycles. The quantitative estimate of drug-likeness (QED) is 0.169. The fraction of sp³-hybridized carbons (Fsp3) is 0.379. The first-order chi connectivity index (χ1) is 19.7. The first kappa shape index (κ1) is 28.1. The summed E-state index contributed by atoms with van der Waals surface area (Å²) in [5, 5.41) is 20.2. The number of nitrogens with zero attached hydrogens (tertiary/aromatic N) is 4.